The van der Waals surface area contributed by atoms with Gasteiger partial charge in [0.05, 0.1) is 18.0 Å². The molecular formula is C10H15N3O2. The Morgan fingerprint density at radius 2 is 2.60 bits per heavy atom. The SMILES string of the molecule is CC1OCCC1CNc1cn[nH]c(=O)c1. The molecule has 5 nitrogen and oxygen atoms in total. The number of ether oxygens (including phenoxy) is 1. The van der Waals surface area contributed by atoms with Gasteiger partial charge in [0.25, 0.3) is 5.56 Å². The first-order chi connectivity index (χ1) is 7.25. The van der Waals surface area contributed by atoms with Gasteiger partial charge >= 0.3 is 0 Å². The first-order valence-corrected chi connectivity index (χ1v) is 5.16. The fourth-order valence-corrected chi connectivity index (χ4v) is 1.77. The van der Waals surface area contributed by atoms with E-state index < -0.39 is 0 Å². The molecule has 2 rings (SSSR count). The summed E-state index contributed by atoms with van der Waals surface area (Å²) in [4.78, 5) is 11.0. The number of hydrogen-bond acceptors (Lipinski definition) is 4. The molecule has 82 valence electrons. The van der Waals surface area contributed by atoms with Crippen LogP contribution in [0.5, 0.6) is 0 Å². The largest absolute Gasteiger partial charge is 0.383 e. The van der Waals surface area contributed by atoms with Crippen LogP contribution in [0.15, 0.2) is 17.1 Å². The summed E-state index contributed by atoms with van der Waals surface area (Å²) in [5.74, 6) is 0.518. The zero-order valence-electron chi connectivity index (χ0n) is 8.69. The highest BCUT2D eigenvalue weighted by Gasteiger charge is 2.23. The van der Waals surface area contributed by atoms with Crippen molar-refractivity contribution < 1.29 is 4.74 Å². The molecule has 0 bridgehead atoms. The van der Waals surface area contributed by atoms with Gasteiger partial charge in [0, 0.05) is 25.1 Å². The van der Waals surface area contributed by atoms with Gasteiger partial charge in [0.1, 0.15) is 0 Å². The molecule has 5 heteroatoms. The number of H-pyrrole nitrogens is 1. The van der Waals surface area contributed by atoms with Crippen LogP contribution < -0.4 is 10.9 Å². The molecule has 1 aliphatic heterocycles. The van der Waals surface area contributed by atoms with E-state index in [1.165, 1.54) is 6.07 Å². The molecule has 15 heavy (non-hydrogen) atoms. The second-order valence-corrected chi connectivity index (χ2v) is 3.84. The molecule has 0 radical (unpaired) electrons. The van der Waals surface area contributed by atoms with Gasteiger partial charge in [0.2, 0.25) is 0 Å². The molecule has 1 aliphatic rings. The van der Waals surface area contributed by atoms with Crippen LogP contribution >= 0.6 is 0 Å². The van der Waals surface area contributed by atoms with Gasteiger partial charge in [-0.3, -0.25) is 4.79 Å². The predicted molar refractivity (Wildman–Crippen MR) is 56.9 cm³/mol. The number of aromatic nitrogens is 2. The van der Waals surface area contributed by atoms with Crippen molar-refractivity contribution in [1.82, 2.24) is 10.2 Å². The van der Waals surface area contributed by atoms with Gasteiger partial charge in [0.15, 0.2) is 0 Å². The van der Waals surface area contributed by atoms with E-state index in [4.69, 9.17) is 4.74 Å². The van der Waals surface area contributed by atoms with Gasteiger partial charge in [-0.05, 0) is 13.3 Å². The molecule has 2 heterocycles. The fourth-order valence-electron chi connectivity index (χ4n) is 1.77. The van der Waals surface area contributed by atoms with Crippen LogP contribution in [0.4, 0.5) is 5.69 Å². The summed E-state index contributed by atoms with van der Waals surface area (Å²) < 4.78 is 5.45. The number of rotatable bonds is 3. The van der Waals surface area contributed by atoms with Crippen LogP contribution in [-0.4, -0.2) is 29.5 Å². The van der Waals surface area contributed by atoms with Crippen LogP contribution in [-0.2, 0) is 4.74 Å². The lowest BCUT2D eigenvalue weighted by Gasteiger charge is -2.14. The maximum atomic E-state index is 11.0. The smallest absolute Gasteiger partial charge is 0.266 e. The average molecular weight is 209 g/mol. The van der Waals surface area contributed by atoms with Crippen molar-refractivity contribution in [2.24, 2.45) is 5.92 Å². The summed E-state index contributed by atoms with van der Waals surface area (Å²) in [6.45, 7) is 3.74. The molecule has 0 amide bonds. The maximum absolute atomic E-state index is 11.0. The third kappa shape index (κ3) is 2.56. The summed E-state index contributed by atoms with van der Waals surface area (Å²) in [6.07, 6.45) is 2.99. The van der Waals surface area contributed by atoms with Crippen molar-refractivity contribution in [3.05, 3.63) is 22.6 Å². The summed E-state index contributed by atoms with van der Waals surface area (Å²) in [5.41, 5.74) is 0.577. The summed E-state index contributed by atoms with van der Waals surface area (Å²) >= 11 is 0. The van der Waals surface area contributed by atoms with E-state index >= 15 is 0 Å². The molecule has 1 aromatic rings. The van der Waals surface area contributed by atoms with E-state index in [-0.39, 0.29) is 5.56 Å². The summed E-state index contributed by atoms with van der Waals surface area (Å²) in [6, 6.07) is 1.51. The maximum Gasteiger partial charge on any atom is 0.266 e. The lowest BCUT2D eigenvalue weighted by molar-refractivity contribution is 0.108. The normalized spacial score (nSPS) is 25.4. The van der Waals surface area contributed by atoms with Gasteiger partial charge in [-0.2, -0.15) is 5.10 Å². The number of nitrogens with one attached hydrogen (secondary N) is 2. The van der Waals surface area contributed by atoms with Crippen molar-refractivity contribution in [2.45, 2.75) is 19.4 Å². The number of anilines is 1. The van der Waals surface area contributed by atoms with Crippen LogP contribution in [0.3, 0.4) is 0 Å². The monoisotopic (exact) mass is 209 g/mol. The van der Waals surface area contributed by atoms with E-state index in [0.29, 0.717) is 12.0 Å². The highest BCUT2D eigenvalue weighted by Crippen LogP contribution is 2.20. The Kier molecular flexibility index (Phi) is 3.01. The average Bonchev–Trinajstić information content (AvgIpc) is 2.61. The Balaban J connectivity index is 1.90. The number of nitrogens with zero attached hydrogens (tertiary/aromatic N) is 1. The minimum absolute atomic E-state index is 0.185. The van der Waals surface area contributed by atoms with Gasteiger partial charge < -0.3 is 10.1 Å². The molecule has 1 aromatic heterocycles. The number of hydrogen-bond donors (Lipinski definition) is 2. The van der Waals surface area contributed by atoms with E-state index in [1.807, 2.05) is 0 Å². The minimum Gasteiger partial charge on any atom is -0.383 e. The van der Waals surface area contributed by atoms with Crippen molar-refractivity contribution in [3.63, 3.8) is 0 Å². The number of aromatic amines is 1. The van der Waals surface area contributed by atoms with Crippen molar-refractivity contribution >= 4 is 5.69 Å². The zero-order chi connectivity index (χ0) is 10.7. The quantitative estimate of drug-likeness (QED) is 0.765. The Labute approximate surface area is 87.8 Å². The van der Waals surface area contributed by atoms with Crippen molar-refractivity contribution in [1.29, 1.82) is 0 Å². The third-order valence-electron chi connectivity index (χ3n) is 2.77. The van der Waals surface area contributed by atoms with E-state index in [9.17, 15) is 4.79 Å². The summed E-state index contributed by atoms with van der Waals surface area (Å²) in [7, 11) is 0. The van der Waals surface area contributed by atoms with Gasteiger partial charge in [-0.15, -0.1) is 0 Å². The molecular weight excluding hydrogens is 194 g/mol. The Hall–Kier alpha value is -1.36. The Morgan fingerprint density at radius 3 is 3.27 bits per heavy atom. The van der Waals surface area contributed by atoms with E-state index in [2.05, 4.69) is 22.4 Å². The summed E-state index contributed by atoms with van der Waals surface area (Å²) in [5, 5.41) is 9.25. The molecule has 0 spiro atoms. The molecule has 0 saturated carbocycles. The highest BCUT2D eigenvalue weighted by atomic mass is 16.5. The fraction of sp³-hybridized carbons (Fsp3) is 0.600. The molecule has 2 N–H and O–H groups in total. The lowest BCUT2D eigenvalue weighted by Crippen LogP contribution is -2.21. The second-order valence-electron chi connectivity index (χ2n) is 3.84. The molecule has 1 fully saturated rings. The molecule has 1 saturated heterocycles. The standard InChI is InChI=1S/C10H15N3O2/c1-7-8(2-3-15-7)5-11-9-4-10(14)13-12-6-9/h4,6-8H,2-3,5H2,1H3,(H2,11,13,14). The molecule has 2 unspecified atom stereocenters. The first-order valence-electron chi connectivity index (χ1n) is 5.16. The highest BCUT2D eigenvalue weighted by molar-refractivity contribution is 5.38. The minimum atomic E-state index is -0.185. The van der Waals surface area contributed by atoms with Crippen LogP contribution in [0.25, 0.3) is 0 Å². The second kappa shape index (κ2) is 4.44. The van der Waals surface area contributed by atoms with Crippen LogP contribution in [0.2, 0.25) is 0 Å². The Morgan fingerprint density at radius 1 is 1.73 bits per heavy atom. The molecule has 0 aromatic carbocycles. The molecule has 2 atom stereocenters. The van der Waals surface area contributed by atoms with Crippen LogP contribution in [0, 0.1) is 5.92 Å². The van der Waals surface area contributed by atoms with Gasteiger partial charge in [-0.1, -0.05) is 0 Å². The zero-order valence-corrected chi connectivity index (χ0v) is 8.69. The topological polar surface area (TPSA) is 67.0 Å². The van der Waals surface area contributed by atoms with Crippen LogP contribution in [0.1, 0.15) is 13.3 Å². The van der Waals surface area contributed by atoms with Crippen molar-refractivity contribution in [3.8, 4) is 0 Å². The van der Waals surface area contributed by atoms with Gasteiger partial charge in [-0.25, -0.2) is 5.10 Å². The van der Waals surface area contributed by atoms with E-state index in [0.717, 1.165) is 25.3 Å². The van der Waals surface area contributed by atoms with Crippen molar-refractivity contribution in [2.75, 3.05) is 18.5 Å². The molecule has 0 aliphatic carbocycles. The van der Waals surface area contributed by atoms with E-state index in [1.54, 1.807) is 6.20 Å². The predicted octanol–water partition coefficient (Wildman–Crippen LogP) is 0.607. The lowest BCUT2D eigenvalue weighted by atomic mass is 10.0. The Bertz CT molecular complexity index is 377. The first kappa shape index (κ1) is 10.2. The third-order valence-corrected chi connectivity index (χ3v) is 2.77.